The molecule has 1 aromatic carbocycles. The van der Waals surface area contributed by atoms with Crippen molar-refractivity contribution in [2.24, 2.45) is 0 Å². The molecule has 1 aromatic heterocycles. The highest BCUT2D eigenvalue weighted by Crippen LogP contribution is 2.28. The summed E-state index contributed by atoms with van der Waals surface area (Å²) in [4.78, 5) is 3.31. The lowest BCUT2D eigenvalue weighted by molar-refractivity contribution is 0.341. The molecule has 1 atom stereocenters. The SMILES string of the molecule is CCOc1ccccc1-c1nnc([C@@H]2CCCN2)[nH]1. The Kier molecular flexibility index (Phi) is 3.46. The molecule has 0 spiro atoms. The lowest BCUT2D eigenvalue weighted by Gasteiger charge is -2.07. The number of ether oxygens (including phenoxy) is 1. The van der Waals surface area contributed by atoms with Crippen molar-refractivity contribution < 1.29 is 4.74 Å². The molecule has 5 nitrogen and oxygen atoms in total. The summed E-state index contributed by atoms with van der Waals surface area (Å²) in [5.41, 5.74) is 0.959. The van der Waals surface area contributed by atoms with Gasteiger partial charge in [0, 0.05) is 0 Å². The smallest absolute Gasteiger partial charge is 0.165 e. The Labute approximate surface area is 112 Å². The zero-order valence-corrected chi connectivity index (χ0v) is 11.0. The molecule has 19 heavy (non-hydrogen) atoms. The minimum absolute atomic E-state index is 0.306. The van der Waals surface area contributed by atoms with E-state index in [4.69, 9.17) is 4.74 Å². The van der Waals surface area contributed by atoms with Crippen LogP contribution in [0.25, 0.3) is 11.4 Å². The molecule has 2 N–H and O–H groups in total. The number of hydrogen-bond acceptors (Lipinski definition) is 4. The van der Waals surface area contributed by atoms with Gasteiger partial charge in [-0.05, 0) is 38.4 Å². The molecule has 2 aromatic rings. The summed E-state index contributed by atoms with van der Waals surface area (Å²) in [6.07, 6.45) is 2.30. The molecule has 3 rings (SSSR count). The summed E-state index contributed by atoms with van der Waals surface area (Å²) in [5, 5.41) is 11.9. The maximum absolute atomic E-state index is 5.62. The number of aromatic nitrogens is 3. The average Bonchev–Trinajstić information content (AvgIpc) is 3.11. The van der Waals surface area contributed by atoms with E-state index in [9.17, 15) is 0 Å². The molecule has 1 aliphatic heterocycles. The van der Waals surface area contributed by atoms with Crippen LogP contribution in [0, 0.1) is 0 Å². The van der Waals surface area contributed by atoms with Crippen LogP contribution in [0.3, 0.4) is 0 Å². The number of para-hydroxylation sites is 1. The molecule has 0 bridgehead atoms. The van der Waals surface area contributed by atoms with E-state index in [1.54, 1.807) is 0 Å². The summed E-state index contributed by atoms with van der Waals surface area (Å²) in [6.45, 7) is 3.67. The Balaban J connectivity index is 1.89. The quantitative estimate of drug-likeness (QED) is 0.883. The first-order valence-electron chi connectivity index (χ1n) is 6.76. The molecular formula is C14H18N4O. The molecule has 1 fully saturated rings. The fraction of sp³-hybridized carbons (Fsp3) is 0.429. The van der Waals surface area contributed by atoms with Crippen LogP contribution in [-0.4, -0.2) is 28.3 Å². The number of benzene rings is 1. The van der Waals surface area contributed by atoms with Crippen molar-refractivity contribution in [1.82, 2.24) is 20.5 Å². The van der Waals surface area contributed by atoms with Crippen molar-refractivity contribution >= 4 is 0 Å². The number of hydrogen-bond donors (Lipinski definition) is 2. The third-order valence-corrected chi connectivity index (χ3v) is 3.34. The fourth-order valence-electron chi connectivity index (χ4n) is 2.41. The zero-order chi connectivity index (χ0) is 13.1. The van der Waals surface area contributed by atoms with E-state index in [-0.39, 0.29) is 0 Å². The van der Waals surface area contributed by atoms with E-state index in [1.807, 2.05) is 31.2 Å². The second-order valence-corrected chi connectivity index (χ2v) is 4.64. The Morgan fingerprint density at radius 2 is 2.21 bits per heavy atom. The first kappa shape index (κ1) is 12.2. The maximum Gasteiger partial charge on any atom is 0.165 e. The van der Waals surface area contributed by atoms with Gasteiger partial charge in [0.2, 0.25) is 0 Å². The van der Waals surface area contributed by atoms with Crippen LogP contribution in [0.4, 0.5) is 0 Å². The van der Waals surface area contributed by atoms with Gasteiger partial charge in [0.15, 0.2) is 5.82 Å². The minimum atomic E-state index is 0.306. The van der Waals surface area contributed by atoms with E-state index in [2.05, 4.69) is 20.5 Å². The Morgan fingerprint density at radius 3 is 3.00 bits per heavy atom. The van der Waals surface area contributed by atoms with E-state index in [0.29, 0.717) is 12.6 Å². The minimum Gasteiger partial charge on any atom is -0.493 e. The van der Waals surface area contributed by atoms with Gasteiger partial charge in [-0.2, -0.15) is 0 Å². The lowest BCUT2D eigenvalue weighted by atomic mass is 10.2. The first-order chi connectivity index (χ1) is 9.38. The fourth-order valence-corrected chi connectivity index (χ4v) is 2.41. The molecule has 5 heteroatoms. The Bertz CT molecular complexity index is 546. The number of nitrogens with zero attached hydrogens (tertiary/aromatic N) is 2. The molecule has 0 radical (unpaired) electrons. The summed E-state index contributed by atoms with van der Waals surface area (Å²) in [5.74, 6) is 2.53. The van der Waals surface area contributed by atoms with E-state index >= 15 is 0 Å². The first-order valence-corrected chi connectivity index (χ1v) is 6.76. The van der Waals surface area contributed by atoms with E-state index < -0.39 is 0 Å². The van der Waals surface area contributed by atoms with Gasteiger partial charge in [-0.1, -0.05) is 12.1 Å². The molecular weight excluding hydrogens is 240 g/mol. The second-order valence-electron chi connectivity index (χ2n) is 4.64. The predicted molar refractivity (Wildman–Crippen MR) is 73.0 cm³/mol. The van der Waals surface area contributed by atoms with Crippen LogP contribution in [0.1, 0.15) is 31.6 Å². The van der Waals surface area contributed by atoms with Gasteiger partial charge in [-0.3, -0.25) is 0 Å². The number of aromatic amines is 1. The highest BCUT2D eigenvalue weighted by atomic mass is 16.5. The van der Waals surface area contributed by atoms with Gasteiger partial charge in [-0.25, -0.2) is 0 Å². The molecule has 2 heterocycles. The van der Waals surface area contributed by atoms with Crippen LogP contribution >= 0.6 is 0 Å². The predicted octanol–water partition coefficient (Wildman–Crippen LogP) is 2.29. The highest BCUT2D eigenvalue weighted by Gasteiger charge is 2.20. The van der Waals surface area contributed by atoms with Crippen molar-refractivity contribution in [3.63, 3.8) is 0 Å². The Hall–Kier alpha value is -1.88. The molecule has 1 aliphatic rings. The topological polar surface area (TPSA) is 62.8 Å². The van der Waals surface area contributed by atoms with Gasteiger partial charge in [-0.15, -0.1) is 10.2 Å². The van der Waals surface area contributed by atoms with Gasteiger partial charge in [0.25, 0.3) is 0 Å². The molecule has 0 aliphatic carbocycles. The molecule has 1 saturated heterocycles. The third-order valence-electron chi connectivity index (χ3n) is 3.34. The van der Waals surface area contributed by atoms with Crippen molar-refractivity contribution in [2.75, 3.05) is 13.2 Å². The second kappa shape index (κ2) is 5.40. The number of nitrogens with one attached hydrogen (secondary N) is 2. The van der Waals surface area contributed by atoms with Crippen LogP contribution < -0.4 is 10.1 Å². The maximum atomic E-state index is 5.62. The van der Waals surface area contributed by atoms with Gasteiger partial charge in [0.05, 0.1) is 18.2 Å². The zero-order valence-electron chi connectivity index (χ0n) is 11.0. The largest absolute Gasteiger partial charge is 0.493 e. The standard InChI is InChI=1S/C14H18N4O/c1-2-19-12-8-4-3-6-10(12)13-16-14(18-17-13)11-7-5-9-15-11/h3-4,6,8,11,15H,2,5,7,9H2,1H3,(H,16,17,18)/t11-/m0/s1. The van der Waals surface area contributed by atoms with Crippen molar-refractivity contribution in [3.05, 3.63) is 30.1 Å². The van der Waals surface area contributed by atoms with Crippen LogP contribution in [0.15, 0.2) is 24.3 Å². The van der Waals surface area contributed by atoms with Crippen LogP contribution in [-0.2, 0) is 0 Å². The third kappa shape index (κ3) is 2.46. The summed E-state index contributed by atoms with van der Waals surface area (Å²) in [7, 11) is 0. The molecule has 100 valence electrons. The van der Waals surface area contributed by atoms with E-state index in [0.717, 1.165) is 35.9 Å². The van der Waals surface area contributed by atoms with E-state index in [1.165, 1.54) is 6.42 Å². The lowest BCUT2D eigenvalue weighted by Crippen LogP contribution is -2.14. The molecule has 0 unspecified atom stereocenters. The summed E-state index contributed by atoms with van der Waals surface area (Å²) >= 11 is 0. The highest BCUT2D eigenvalue weighted by molar-refractivity contribution is 5.63. The molecule has 0 amide bonds. The van der Waals surface area contributed by atoms with Crippen molar-refractivity contribution in [2.45, 2.75) is 25.8 Å². The van der Waals surface area contributed by atoms with Crippen molar-refractivity contribution in [3.8, 4) is 17.1 Å². The monoisotopic (exact) mass is 258 g/mol. The number of H-pyrrole nitrogens is 1. The summed E-state index contributed by atoms with van der Waals surface area (Å²) in [6, 6.07) is 8.20. The van der Waals surface area contributed by atoms with Crippen LogP contribution in [0.2, 0.25) is 0 Å². The summed E-state index contributed by atoms with van der Waals surface area (Å²) < 4.78 is 5.62. The Morgan fingerprint density at radius 1 is 1.32 bits per heavy atom. The van der Waals surface area contributed by atoms with Gasteiger partial charge in [0.1, 0.15) is 11.6 Å². The molecule has 0 saturated carbocycles. The van der Waals surface area contributed by atoms with Crippen LogP contribution in [0.5, 0.6) is 5.75 Å². The average molecular weight is 258 g/mol. The van der Waals surface area contributed by atoms with Crippen molar-refractivity contribution in [1.29, 1.82) is 0 Å². The number of rotatable bonds is 4. The van der Waals surface area contributed by atoms with Gasteiger partial charge >= 0.3 is 0 Å². The van der Waals surface area contributed by atoms with Gasteiger partial charge < -0.3 is 15.0 Å². The normalized spacial score (nSPS) is 18.7.